The number of carbonyl (C=O) groups excluding carboxylic acids is 2. The lowest BCUT2D eigenvalue weighted by Crippen LogP contribution is -2.62. The van der Waals surface area contributed by atoms with Gasteiger partial charge in [-0.25, -0.2) is 9.18 Å². The SMILES string of the molecule is CC(C)CC(O)(C(=O)NC1(c2cc(F)ccc2[N+](=O)[O-])OC(=O)c2ccccc21)C(F)(F)F. The summed E-state index contributed by atoms with van der Waals surface area (Å²) in [6.45, 7) is 2.67. The van der Waals surface area contributed by atoms with Crippen LogP contribution in [0.2, 0.25) is 0 Å². The van der Waals surface area contributed by atoms with E-state index in [1.807, 2.05) is 5.32 Å². The summed E-state index contributed by atoms with van der Waals surface area (Å²) in [5.74, 6) is -4.99. The number of alkyl halides is 3. The van der Waals surface area contributed by atoms with Crippen molar-refractivity contribution in [1.29, 1.82) is 0 Å². The molecule has 0 radical (unpaired) electrons. The highest BCUT2D eigenvalue weighted by atomic mass is 19.4. The van der Waals surface area contributed by atoms with E-state index in [0.29, 0.717) is 6.07 Å². The lowest BCUT2D eigenvalue weighted by molar-refractivity contribution is -0.386. The molecule has 1 aliphatic heterocycles. The second-order valence-corrected chi connectivity index (χ2v) is 7.94. The van der Waals surface area contributed by atoms with E-state index in [2.05, 4.69) is 0 Å². The number of amides is 1. The van der Waals surface area contributed by atoms with Crippen LogP contribution < -0.4 is 5.32 Å². The molecule has 2 aromatic rings. The van der Waals surface area contributed by atoms with Crippen molar-refractivity contribution >= 4 is 17.6 Å². The van der Waals surface area contributed by atoms with Crippen molar-refractivity contribution in [3.05, 3.63) is 75.1 Å². The number of aliphatic hydroxyl groups is 1. The molecule has 0 saturated carbocycles. The van der Waals surface area contributed by atoms with E-state index < -0.39 is 63.7 Å². The standard InChI is InChI=1S/C21H18F4N2O6/c1-11(2)10-19(30,21(23,24)25)18(29)26-20(14-6-4-3-5-13(14)17(28)33-20)15-9-12(22)7-8-16(15)27(31)32/h3-9,11,30H,10H2,1-2H3,(H,26,29). The van der Waals surface area contributed by atoms with Crippen molar-refractivity contribution in [3.8, 4) is 0 Å². The van der Waals surface area contributed by atoms with Gasteiger partial charge in [-0.2, -0.15) is 13.2 Å². The third kappa shape index (κ3) is 4.01. The first-order chi connectivity index (χ1) is 15.2. The average molecular weight is 470 g/mol. The number of rotatable bonds is 6. The van der Waals surface area contributed by atoms with Crippen molar-refractivity contribution in [1.82, 2.24) is 5.32 Å². The van der Waals surface area contributed by atoms with Gasteiger partial charge in [-0.3, -0.25) is 14.9 Å². The van der Waals surface area contributed by atoms with Gasteiger partial charge in [0, 0.05) is 11.6 Å². The number of esters is 1. The van der Waals surface area contributed by atoms with Gasteiger partial charge < -0.3 is 15.2 Å². The largest absolute Gasteiger partial charge is 0.426 e. The summed E-state index contributed by atoms with van der Waals surface area (Å²) in [5.41, 5.74) is -8.66. The predicted octanol–water partition coefficient (Wildman–Crippen LogP) is 3.56. The van der Waals surface area contributed by atoms with Crippen LogP contribution in [0.1, 0.15) is 41.8 Å². The van der Waals surface area contributed by atoms with Crippen molar-refractivity contribution in [2.45, 2.75) is 37.8 Å². The topological polar surface area (TPSA) is 119 Å². The number of nitro groups is 1. The summed E-state index contributed by atoms with van der Waals surface area (Å²) in [6, 6.07) is 7.16. The Morgan fingerprint density at radius 1 is 1.21 bits per heavy atom. The van der Waals surface area contributed by atoms with E-state index >= 15 is 0 Å². The normalized spacial score (nSPS) is 19.6. The van der Waals surface area contributed by atoms with E-state index in [4.69, 9.17) is 4.74 Å². The van der Waals surface area contributed by atoms with Crippen LogP contribution in [0.25, 0.3) is 0 Å². The Morgan fingerprint density at radius 3 is 2.42 bits per heavy atom. The Labute approximate surface area is 184 Å². The molecular weight excluding hydrogens is 452 g/mol. The van der Waals surface area contributed by atoms with Gasteiger partial charge >= 0.3 is 12.1 Å². The number of cyclic esters (lactones) is 1. The first-order valence-electron chi connectivity index (χ1n) is 9.62. The number of nitro benzene ring substituents is 1. The van der Waals surface area contributed by atoms with Crippen molar-refractivity contribution < 1.29 is 41.9 Å². The zero-order valence-electron chi connectivity index (χ0n) is 17.3. The summed E-state index contributed by atoms with van der Waals surface area (Å²) in [5, 5.41) is 23.8. The van der Waals surface area contributed by atoms with E-state index in [1.165, 1.54) is 38.1 Å². The van der Waals surface area contributed by atoms with Crippen LogP contribution >= 0.6 is 0 Å². The molecule has 0 saturated heterocycles. The minimum Gasteiger partial charge on any atom is -0.426 e. The molecule has 1 heterocycles. The van der Waals surface area contributed by atoms with Crippen LogP contribution in [0, 0.1) is 21.8 Å². The Balaban J connectivity index is 2.28. The number of carbonyl (C=O) groups is 2. The minimum absolute atomic E-state index is 0.212. The molecule has 8 nitrogen and oxygen atoms in total. The summed E-state index contributed by atoms with van der Waals surface area (Å²) < 4.78 is 60.7. The van der Waals surface area contributed by atoms with Crippen LogP contribution in [0.5, 0.6) is 0 Å². The van der Waals surface area contributed by atoms with Gasteiger partial charge in [0.05, 0.1) is 10.5 Å². The molecule has 1 aliphatic rings. The lowest BCUT2D eigenvalue weighted by Gasteiger charge is -2.36. The number of nitrogens with zero attached hydrogens (tertiary/aromatic N) is 1. The highest BCUT2D eigenvalue weighted by molar-refractivity contribution is 5.97. The molecule has 2 atom stereocenters. The van der Waals surface area contributed by atoms with Crippen molar-refractivity contribution in [2.75, 3.05) is 0 Å². The quantitative estimate of drug-likeness (QED) is 0.288. The maximum absolute atomic E-state index is 14.1. The predicted molar refractivity (Wildman–Crippen MR) is 104 cm³/mol. The lowest BCUT2D eigenvalue weighted by atomic mass is 9.87. The molecule has 0 bridgehead atoms. The fourth-order valence-electron chi connectivity index (χ4n) is 3.72. The molecule has 0 aromatic heterocycles. The molecule has 3 rings (SSSR count). The maximum Gasteiger partial charge on any atom is 0.426 e. The number of benzene rings is 2. The van der Waals surface area contributed by atoms with E-state index in [0.717, 1.165) is 12.1 Å². The van der Waals surface area contributed by atoms with Crippen molar-refractivity contribution in [2.24, 2.45) is 5.92 Å². The van der Waals surface area contributed by atoms with Crippen LogP contribution in [-0.2, 0) is 15.3 Å². The van der Waals surface area contributed by atoms with E-state index in [9.17, 15) is 42.4 Å². The molecule has 1 amide bonds. The van der Waals surface area contributed by atoms with Gasteiger partial charge in [0.15, 0.2) is 0 Å². The fraction of sp³-hybridized carbons (Fsp3) is 0.333. The van der Waals surface area contributed by atoms with Gasteiger partial charge in [-0.15, -0.1) is 0 Å². The fourth-order valence-corrected chi connectivity index (χ4v) is 3.72. The molecule has 0 fully saturated rings. The number of halogens is 4. The Kier molecular flexibility index (Phi) is 5.92. The zero-order valence-corrected chi connectivity index (χ0v) is 17.3. The Bertz CT molecular complexity index is 1140. The smallest absolute Gasteiger partial charge is 0.426 e. The number of nitrogens with one attached hydrogen (secondary N) is 1. The number of ether oxygens (including phenoxy) is 1. The van der Waals surface area contributed by atoms with Gasteiger partial charge in [0.1, 0.15) is 11.4 Å². The van der Waals surface area contributed by atoms with Gasteiger partial charge in [-0.1, -0.05) is 32.0 Å². The number of hydrogen-bond donors (Lipinski definition) is 2. The summed E-state index contributed by atoms with van der Waals surface area (Å²) in [4.78, 5) is 36.1. The molecule has 12 heteroatoms. The minimum atomic E-state index is -5.45. The Morgan fingerprint density at radius 2 is 1.85 bits per heavy atom. The molecule has 0 spiro atoms. The third-order valence-corrected chi connectivity index (χ3v) is 5.14. The van der Waals surface area contributed by atoms with Gasteiger partial charge in [-0.05, 0) is 30.5 Å². The summed E-state index contributed by atoms with van der Waals surface area (Å²) in [6.07, 6.45) is -6.50. The van der Waals surface area contributed by atoms with E-state index in [1.54, 1.807) is 0 Å². The van der Waals surface area contributed by atoms with Gasteiger partial charge in [0.25, 0.3) is 11.6 Å². The van der Waals surface area contributed by atoms with Crippen LogP contribution in [0.15, 0.2) is 42.5 Å². The number of fused-ring (bicyclic) bond motifs is 1. The first kappa shape index (κ1) is 24.1. The van der Waals surface area contributed by atoms with Crippen LogP contribution in [0.3, 0.4) is 0 Å². The van der Waals surface area contributed by atoms with E-state index in [-0.39, 0.29) is 11.1 Å². The molecule has 2 aromatic carbocycles. The molecule has 0 aliphatic carbocycles. The summed E-state index contributed by atoms with van der Waals surface area (Å²) >= 11 is 0. The average Bonchev–Trinajstić information content (AvgIpc) is 2.99. The Hall–Kier alpha value is -3.54. The second kappa shape index (κ2) is 8.10. The first-order valence-corrected chi connectivity index (χ1v) is 9.62. The molecule has 176 valence electrons. The zero-order chi connectivity index (χ0) is 24.8. The molecular formula is C21H18F4N2O6. The number of hydrogen-bond acceptors (Lipinski definition) is 6. The molecule has 2 unspecified atom stereocenters. The monoisotopic (exact) mass is 470 g/mol. The highest BCUT2D eigenvalue weighted by Crippen LogP contribution is 2.45. The second-order valence-electron chi connectivity index (χ2n) is 7.94. The van der Waals surface area contributed by atoms with Gasteiger partial charge in [0.2, 0.25) is 11.3 Å². The van der Waals surface area contributed by atoms with Crippen molar-refractivity contribution in [3.63, 3.8) is 0 Å². The summed E-state index contributed by atoms with van der Waals surface area (Å²) in [7, 11) is 0. The molecule has 33 heavy (non-hydrogen) atoms. The van der Waals surface area contributed by atoms with Crippen LogP contribution in [0.4, 0.5) is 23.2 Å². The highest BCUT2D eigenvalue weighted by Gasteiger charge is 2.62. The molecule has 2 N–H and O–H groups in total. The maximum atomic E-state index is 14.1. The third-order valence-electron chi connectivity index (χ3n) is 5.14. The van der Waals surface area contributed by atoms with Crippen LogP contribution in [-0.4, -0.2) is 33.7 Å².